The second-order valence-electron chi connectivity index (χ2n) is 17.9. The molecule has 0 aromatic heterocycles. The van der Waals surface area contributed by atoms with Crippen molar-refractivity contribution in [1.29, 1.82) is 0 Å². The number of nitrogens with one attached hydrogen (secondary N) is 7. The zero-order valence-corrected chi connectivity index (χ0v) is 42.5. The zero-order chi connectivity index (χ0) is 56.8. The fourth-order valence-electron chi connectivity index (χ4n) is 6.96. The van der Waals surface area contributed by atoms with Crippen molar-refractivity contribution >= 4 is 77.0 Å². The van der Waals surface area contributed by atoms with Crippen LogP contribution in [0.5, 0.6) is 0 Å². The highest BCUT2D eigenvalue weighted by atomic mass is 16.4. The van der Waals surface area contributed by atoms with Gasteiger partial charge in [0.25, 0.3) is 0 Å². The molecular weight excluding hydrogens is 983 g/mol. The molecule has 1 aromatic carbocycles. The fourth-order valence-corrected chi connectivity index (χ4v) is 6.96. The van der Waals surface area contributed by atoms with E-state index < -0.39 is 127 Å². The number of nitrogens with zero attached hydrogens (tertiary/aromatic N) is 3. The van der Waals surface area contributed by atoms with E-state index in [1.54, 1.807) is 44.2 Å². The zero-order valence-electron chi connectivity index (χ0n) is 42.5. The normalized spacial score (nSPS) is 14.0. The molecule has 0 aliphatic carbocycles. The minimum absolute atomic E-state index is 0.0187. The second kappa shape index (κ2) is 34.2. The third-order valence-corrected chi connectivity index (χ3v) is 10.8. The summed E-state index contributed by atoms with van der Waals surface area (Å²) in [4.78, 5) is 144. The predicted octanol–water partition coefficient (Wildman–Crippen LogP) is -6.60. The van der Waals surface area contributed by atoms with Crippen molar-refractivity contribution < 1.29 is 53.1 Å². The first-order chi connectivity index (χ1) is 35.2. The monoisotopic (exact) mass is 1060 g/mol. The number of nitrogens with two attached hydrogens (primary N) is 9. The van der Waals surface area contributed by atoms with Gasteiger partial charge in [-0.3, -0.25) is 58.1 Å². The van der Waals surface area contributed by atoms with Crippen molar-refractivity contribution in [1.82, 2.24) is 37.2 Å². The van der Waals surface area contributed by atoms with Crippen LogP contribution in [0, 0.1) is 5.92 Å². The molecule has 0 spiro atoms. The van der Waals surface area contributed by atoms with Gasteiger partial charge in [0.15, 0.2) is 17.9 Å². The molecule has 0 aliphatic rings. The second-order valence-corrected chi connectivity index (χ2v) is 17.9. The number of carbonyl (C=O) groups is 10. The van der Waals surface area contributed by atoms with Gasteiger partial charge in [-0.1, -0.05) is 44.2 Å². The van der Waals surface area contributed by atoms with Gasteiger partial charge in [-0.15, -0.1) is 0 Å². The standard InChI is InChI=1S/C45H77N19O11/c1-23(2)20-30(63-41(73)32(22-34(48)66)62-36(68)26(46)12-7-17-55-43(49)50)40(72)60-28(15-16-33(47)65)38(70)59-27(13-8-18-56-44(51)52)37(69)64-31(21-25-10-5-4-6-11-25)39(71)58-24(3)35(67)61-29(42(74)75)14-9-19-57-45(53)54/h4-6,10-11,23-24,26-32H,7-9,12-22,46H2,1-3H3,(H2,47,65)(H2,48,66)(H,58,71)(H,59,70)(H,60,72)(H,61,67)(H,62,68)(H,63,73)(H,64,69)(H,74,75)(H4,49,50,55)(H4,51,52,56)(H4,53,54,57)/t24-,26-,27-,28-,29-,30-,31-,32-/m0/s1. The molecule has 0 radical (unpaired) electrons. The van der Waals surface area contributed by atoms with Crippen LogP contribution in [0.1, 0.15) is 90.5 Å². The first kappa shape index (κ1) is 64.7. The molecule has 1 aromatic rings. The number of amides is 9. The van der Waals surface area contributed by atoms with Gasteiger partial charge < -0.3 is 93.9 Å². The first-order valence-corrected chi connectivity index (χ1v) is 24.1. The number of primary amides is 2. The Hall–Kier alpha value is -8.31. The maximum Gasteiger partial charge on any atom is 0.326 e. The largest absolute Gasteiger partial charge is 0.480 e. The molecule has 30 nitrogen and oxygen atoms in total. The van der Waals surface area contributed by atoms with Crippen LogP contribution < -0.4 is 88.8 Å². The average Bonchev–Trinajstić information content (AvgIpc) is 3.32. The van der Waals surface area contributed by atoms with Crippen LogP contribution in [0.25, 0.3) is 0 Å². The molecule has 0 heterocycles. The average molecular weight is 1060 g/mol. The Kier molecular flexibility index (Phi) is 29.5. The molecule has 0 unspecified atom stereocenters. The molecular formula is C45H77N19O11. The van der Waals surface area contributed by atoms with Crippen LogP contribution in [0.3, 0.4) is 0 Å². The van der Waals surface area contributed by atoms with E-state index in [9.17, 15) is 53.1 Å². The van der Waals surface area contributed by atoms with E-state index in [1.165, 1.54) is 6.92 Å². The molecule has 30 heteroatoms. The summed E-state index contributed by atoms with van der Waals surface area (Å²) in [6, 6.07) is -2.94. The van der Waals surface area contributed by atoms with Crippen LogP contribution in [0.15, 0.2) is 45.3 Å². The van der Waals surface area contributed by atoms with Gasteiger partial charge in [0.05, 0.1) is 12.5 Å². The van der Waals surface area contributed by atoms with Gasteiger partial charge in [0, 0.05) is 32.5 Å². The van der Waals surface area contributed by atoms with E-state index in [4.69, 9.17) is 51.6 Å². The van der Waals surface area contributed by atoms with Crippen molar-refractivity contribution in [3.8, 4) is 0 Å². The maximum absolute atomic E-state index is 14.3. The molecule has 0 bridgehead atoms. The van der Waals surface area contributed by atoms with Gasteiger partial charge in [-0.05, 0) is 69.8 Å². The van der Waals surface area contributed by atoms with E-state index in [0.29, 0.717) is 12.0 Å². The predicted molar refractivity (Wildman–Crippen MR) is 276 cm³/mol. The molecule has 418 valence electrons. The topological polar surface area (TPSA) is 546 Å². The SMILES string of the molecule is CC(C)C[C@H](NC(=O)[C@H](CC(N)=O)NC(=O)[C@@H](N)CCCN=C(N)N)C(=O)N[C@@H](CCC(N)=O)C(=O)N[C@@H](CCCN=C(N)N)C(=O)N[C@@H](Cc1ccccc1)C(=O)N[C@@H](C)C(=O)N[C@@H](CCCN=C(N)N)C(=O)O. The number of carboxylic acids is 1. The van der Waals surface area contributed by atoms with Crippen LogP contribution in [-0.2, 0) is 54.4 Å². The Morgan fingerprint density at radius 3 is 1.37 bits per heavy atom. The minimum atomic E-state index is -1.59. The summed E-state index contributed by atoms with van der Waals surface area (Å²) in [6.45, 7) is 4.97. The van der Waals surface area contributed by atoms with E-state index in [0.717, 1.165) is 0 Å². The highest BCUT2D eigenvalue weighted by molar-refractivity contribution is 5.98. The fraction of sp³-hybridized carbons (Fsp3) is 0.578. The highest BCUT2D eigenvalue weighted by Crippen LogP contribution is 2.11. The van der Waals surface area contributed by atoms with E-state index in [1.807, 2.05) is 0 Å². The summed E-state index contributed by atoms with van der Waals surface area (Å²) in [5.74, 6) is -10.5. The van der Waals surface area contributed by atoms with Crippen LogP contribution in [0.2, 0.25) is 0 Å². The van der Waals surface area contributed by atoms with Crippen molar-refractivity contribution in [2.24, 2.45) is 72.5 Å². The van der Waals surface area contributed by atoms with Crippen molar-refractivity contribution in [2.75, 3.05) is 19.6 Å². The minimum Gasteiger partial charge on any atom is -0.480 e. The molecule has 26 N–H and O–H groups in total. The lowest BCUT2D eigenvalue weighted by atomic mass is 10.0. The lowest BCUT2D eigenvalue weighted by Gasteiger charge is -2.28. The quantitative estimate of drug-likeness (QED) is 0.0169. The Morgan fingerprint density at radius 2 is 0.893 bits per heavy atom. The number of aliphatic carboxylic acids is 1. The Morgan fingerprint density at radius 1 is 0.480 bits per heavy atom. The smallest absolute Gasteiger partial charge is 0.326 e. The number of rotatable bonds is 36. The van der Waals surface area contributed by atoms with Gasteiger partial charge in [-0.2, -0.15) is 0 Å². The third kappa shape index (κ3) is 27.9. The van der Waals surface area contributed by atoms with E-state index in [-0.39, 0.29) is 88.4 Å². The van der Waals surface area contributed by atoms with Crippen molar-refractivity contribution in [2.45, 2.75) is 140 Å². The molecule has 0 saturated heterocycles. The number of benzene rings is 1. The number of hydrogen-bond acceptors (Lipinski definition) is 14. The summed E-state index contributed by atoms with van der Waals surface area (Å²) in [7, 11) is 0. The number of carbonyl (C=O) groups excluding carboxylic acids is 9. The maximum atomic E-state index is 14.3. The summed E-state index contributed by atoms with van der Waals surface area (Å²) in [6.07, 6.45) is -1.29. The lowest BCUT2D eigenvalue weighted by Crippen LogP contribution is -2.60. The number of hydrogen-bond donors (Lipinski definition) is 17. The third-order valence-electron chi connectivity index (χ3n) is 10.8. The molecule has 9 amide bonds. The summed E-state index contributed by atoms with van der Waals surface area (Å²) in [5, 5.41) is 27.1. The van der Waals surface area contributed by atoms with Crippen LogP contribution in [-0.4, -0.2) is 150 Å². The molecule has 0 saturated carbocycles. The Labute approximate surface area is 434 Å². The van der Waals surface area contributed by atoms with Gasteiger partial charge in [-0.25, -0.2) is 4.79 Å². The molecule has 75 heavy (non-hydrogen) atoms. The Bertz CT molecular complexity index is 2180. The van der Waals surface area contributed by atoms with Crippen molar-refractivity contribution in [3.05, 3.63) is 35.9 Å². The van der Waals surface area contributed by atoms with E-state index >= 15 is 0 Å². The number of aliphatic imine (C=N–C) groups is 3. The summed E-state index contributed by atoms with van der Waals surface area (Å²) < 4.78 is 0. The Balaban J connectivity index is 3.51. The summed E-state index contributed by atoms with van der Waals surface area (Å²) >= 11 is 0. The highest BCUT2D eigenvalue weighted by Gasteiger charge is 2.35. The van der Waals surface area contributed by atoms with Gasteiger partial charge >= 0.3 is 5.97 Å². The molecule has 0 aliphatic heterocycles. The number of guanidine groups is 3. The molecule has 8 atom stereocenters. The summed E-state index contributed by atoms with van der Waals surface area (Å²) in [5.41, 5.74) is 49.7. The van der Waals surface area contributed by atoms with Crippen LogP contribution >= 0.6 is 0 Å². The van der Waals surface area contributed by atoms with Crippen molar-refractivity contribution in [3.63, 3.8) is 0 Å². The van der Waals surface area contributed by atoms with E-state index in [2.05, 4.69) is 52.2 Å². The number of carboxylic acid groups (broad SMARTS) is 1. The first-order valence-electron chi connectivity index (χ1n) is 24.1. The lowest BCUT2D eigenvalue weighted by molar-refractivity contribution is -0.142. The molecule has 1 rings (SSSR count). The van der Waals surface area contributed by atoms with Crippen LogP contribution in [0.4, 0.5) is 0 Å². The molecule has 0 fully saturated rings. The van der Waals surface area contributed by atoms with Gasteiger partial charge in [0.1, 0.15) is 42.3 Å². The van der Waals surface area contributed by atoms with Gasteiger partial charge in [0.2, 0.25) is 53.2 Å².